The molecule has 1 aliphatic heterocycles. The number of fused-ring (bicyclic) bond motifs is 2. The average Bonchev–Trinajstić information content (AvgIpc) is 3.08. The van der Waals surface area contributed by atoms with Gasteiger partial charge in [0.1, 0.15) is 11.3 Å². The lowest BCUT2D eigenvalue weighted by molar-refractivity contribution is -0.192. The maximum Gasteiger partial charge on any atom is 0.490 e. The molecule has 0 saturated heterocycles. The van der Waals surface area contributed by atoms with Crippen LogP contribution < -0.4 is 32.6 Å². The van der Waals surface area contributed by atoms with Crippen molar-refractivity contribution in [2.75, 3.05) is 18.8 Å². The first kappa shape index (κ1) is 36.6. The van der Waals surface area contributed by atoms with Crippen molar-refractivity contribution in [3.05, 3.63) is 107 Å². The first-order valence-corrected chi connectivity index (χ1v) is 15.2. The highest BCUT2D eigenvalue weighted by Gasteiger charge is 2.38. The van der Waals surface area contributed by atoms with Gasteiger partial charge in [-0.3, -0.25) is 19.8 Å². The number of nitrogens with one attached hydrogen (secondary N) is 5. The predicted octanol–water partition coefficient (Wildman–Crippen LogP) is 4.59. The van der Waals surface area contributed by atoms with Gasteiger partial charge in [-0.2, -0.15) is 13.2 Å². The fourth-order valence-corrected chi connectivity index (χ4v) is 4.73. The molecule has 2 aliphatic rings. The first-order valence-electron chi connectivity index (χ1n) is 15.2. The number of amides is 3. The van der Waals surface area contributed by atoms with Crippen LogP contribution in [0.25, 0.3) is 33.4 Å². The molecule has 3 aromatic carbocycles. The van der Waals surface area contributed by atoms with Crippen molar-refractivity contribution in [2.24, 2.45) is 0 Å². The highest BCUT2D eigenvalue weighted by atomic mass is 19.4. The molecule has 8 N–H and O–H groups in total. The van der Waals surface area contributed by atoms with Crippen molar-refractivity contribution >= 4 is 40.3 Å². The van der Waals surface area contributed by atoms with Gasteiger partial charge in [0.15, 0.2) is 0 Å². The number of carbonyl (C=O) groups excluding carboxylic acids is 3. The molecule has 0 bridgehead atoms. The van der Waals surface area contributed by atoms with Crippen LogP contribution in [0.2, 0.25) is 0 Å². The molecule has 5 rings (SSSR count). The zero-order valence-electron chi connectivity index (χ0n) is 26.6. The normalized spacial score (nSPS) is 11.0. The van der Waals surface area contributed by atoms with Crippen molar-refractivity contribution in [3.8, 4) is 22.5 Å². The number of carboxylic acids is 1. The Kier molecular flexibility index (Phi) is 11.9. The molecule has 3 amide bonds. The summed E-state index contributed by atoms with van der Waals surface area (Å²) in [6.45, 7) is 2.70. The molecule has 0 radical (unpaired) electrons. The van der Waals surface area contributed by atoms with E-state index in [4.69, 9.17) is 25.5 Å². The summed E-state index contributed by atoms with van der Waals surface area (Å²) in [4.78, 5) is 47.0. The van der Waals surface area contributed by atoms with E-state index in [9.17, 15) is 27.6 Å². The number of hydrogen-bond donors (Lipinski definition) is 7. The van der Waals surface area contributed by atoms with E-state index >= 15 is 0 Å². The number of halogens is 3. The summed E-state index contributed by atoms with van der Waals surface area (Å²) in [7, 11) is 0. The van der Waals surface area contributed by atoms with Gasteiger partial charge < -0.3 is 31.3 Å². The Morgan fingerprint density at radius 1 is 0.880 bits per heavy atom. The second-order valence-electron chi connectivity index (χ2n) is 10.8. The van der Waals surface area contributed by atoms with Gasteiger partial charge in [0.05, 0.1) is 11.9 Å². The van der Waals surface area contributed by atoms with E-state index in [1.807, 2.05) is 25.1 Å². The summed E-state index contributed by atoms with van der Waals surface area (Å²) in [5, 5.41) is 21.7. The summed E-state index contributed by atoms with van der Waals surface area (Å²) in [5.41, 5.74) is 16.4. The van der Waals surface area contributed by atoms with Crippen LogP contribution in [-0.4, -0.2) is 48.1 Å². The highest BCUT2D eigenvalue weighted by molar-refractivity contribution is 6.09. The molecule has 0 aromatic heterocycles. The van der Waals surface area contributed by atoms with Gasteiger partial charge in [-0.1, -0.05) is 37.3 Å². The highest BCUT2D eigenvalue weighted by Crippen LogP contribution is 2.41. The molecule has 15 heteroatoms. The maximum absolute atomic E-state index is 13.4. The molecule has 1 aliphatic carbocycles. The average molecular weight is 691 g/mol. The van der Waals surface area contributed by atoms with Crippen LogP contribution in [0.1, 0.15) is 39.6 Å². The van der Waals surface area contributed by atoms with Crippen LogP contribution in [0.4, 0.5) is 18.9 Å². The van der Waals surface area contributed by atoms with Crippen molar-refractivity contribution < 1.29 is 41.9 Å². The number of anilines is 1. The standard InChI is InChI=1S/C33H32N6O4.C2HF3O2/c1-2-15-38-39-32(41)21-9-7-20(8-10-21)18-36-30(40)19-37-33(42)25-6-4-3-5-24(25)31-26-13-11-22(34)16-28(26)43-29-17-23(35)12-14-27(29)31;3-2(4,5)1(6)7/h3-14,16-17,34,38H,2,15,18-19,35H2,1H3,(H,36,40)(H,37,42)(H,39,41);(H,6,7). The SMILES string of the molecule is CCCNNC(=O)c1ccc(CNC(=O)CNC(=O)c2ccccc2-c2c3ccc(=N)cc-3oc3cc(N)ccc23)cc1.O=C(O)C(F)(F)F. The Hall–Kier alpha value is -6.22. The number of carboxylic acid groups (broad SMARTS) is 1. The van der Waals surface area contributed by atoms with E-state index in [-0.39, 0.29) is 24.9 Å². The number of benzene rings is 4. The van der Waals surface area contributed by atoms with E-state index in [1.54, 1.807) is 66.7 Å². The van der Waals surface area contributed by atoms with E-state index in [1.165, 1.54) is 0 Å². The first-order chi connectivity index (χ1) is 23.8. The van der Waals surface area contributed by atoms with E-state index in [2.05, 4.69) is 21.5 Å². The van der Waals surface area contributed by atoms with Gasteiger partial charge in [-0.15, -0.1) is 0 Å². The summed E-state index contributed by atoms with van der Waals surface area (Å²) in [6.07, 6.45) is -4.19. The summed E-state index contributed by atoms with van der Waals surface area (Å²) in [6, 6.07) is 24.5. The van der Waals surface area contributed by atoms with Crippen LogP contribution >= 0.6 is 0 Å². The van der Waals surface area contributed by atoms with Crippen LogP contribution in [0, 0.1) is 5.41 Å². The molecule has 260 valence electrons. The molecule has 0 atom stereocenters. The molecule has 0 spiro atoms. The molecule has 50 heavy (non-hydrogen) atoms. The van der Waals surface area contributed by atoms with Gasteiger partial charge in [0.25, 0.3) is 11.8 Å². The Bertz CT molecular complexity index is 2050. The quantitative estimate of drug-likeness (QED) is 0.0478. The lowest BCUT2D eigenvalue weighted by atomic mass is 9.90. The minimum absolute atomic E-state index is 0.221. The number of rotatable bonds is 10. The maximum atomic E-state index is 13.4. The molecule has 3 aromatic rings. The molecular formula is C35H33F3N6O6. The summed E-state index contributed by atoms with van der Waals surface area (Å²) in [5.74, 6) is -3.26. The Balaban J connectivity index is 0.000000727. The fourth-order valence-electron chi connectivity index (χ4n) is 4.73. The Morgan fingerprint density at radius 2 is 1.58 bits per heavy atom. The molecule has 0 unspecified atom stereocenters. The van der Waals surface area contributed by atoms with Crippen LogP contribution in [0.3, 0.4) is 0 Å². The molecular weight excluding hydrogens is 657 g/mol. The lowest BCUT2D eigenvalue weighted by Gasteiger charge is -2.18. The number of aliphatic carboxylic acids is 1. The zero-order chi connectivity index (χ0) is 36.4. The molecule has 0 fully saturated rings. The minimum atomic E-state index is -5.08. The number of carbonyl (C=O) groups is 4. The monoisotopic (exact) mass is 690 g/mol. The number of hydrogen-bond acceptors (Lipinski definition) is 8. The van der Waals surface area contributed by atoms with Gasteiger partial charge >= 0.3 is 12.1 Å². The fraction of sp³-hybridized carbons (Fsp3) is 0.171. The van der Waals surface area contributed by atoms with E-state index in [0.717, 1.165) is 28.5 Å². The van der Waals surface area contributed by atoms with Crippen LogP contribution in [0.15, 0.2) is 89.3 Å². The lowest BCUT2D eigenvalue weighted by Crippen LogP contribution is -2.37. The van der Waals surface area contributed by atoms with Crippen molar-refractivity contribution in [3.63, 3.8) is 0 Å². The summed E-state index contributed by atoms with van der Waals surface area (Å²) < 4.78 is 37.8. The third kappa shape index (κ3) is 9.44. The summed E-state index contributed by atoms with van der Waals surface area (Å²) >= 11 is 0. The third-order valence-corrected chi connectivity index (χ3v) is 7.12. The molecule has 12 nitrogen and oxygen atoms in total. The largest absolute Gasteiger partial charge is 0.490 e. The minimum Gasteiger partial charge on any atom is -0.475 e. The second-order valence-corrected chi connectivity index (χ2v) is 10.8. The predicted molar refractivity (Wildman–Crippen MR) is 179 cm³/mol. The molecule has 0 saturated carbocycles. The number of nitrogens with two attached hydrogens (primary N) is 1. The van der Waals surface area contributed by atoms with Crippen LogP contribution in [-0.2, 0) is 16.1 Å². The van der Waals surface area contributed by atoms with Crippen molar-refractivity contribution in [2.45, 2.75) is 26.1 Å². The Morgan fingerprint density at radius 3 is 2.26 bits per heavy atom. The van der Waals surface area contributed by atoms with Gasteiger partial charge in [-0.25, -0.2) is 10.2 Å². The number of nitrogen functional groups attached to an aromatic ring is 1. The van der Waals surface area contributed by atoms with Crippen LogP contribution in [0.5, 0.6) is 0 Å². The van der Waals surface area contributed by atoms with Crippen molar-refractivity contribution in [1.82, 2.24) is 21.5 Å². The third-order valence-electron chi connectivity index (χ3n) is 7.12. The van der Waals surface area contributed by atoms with E-state index in [0.29, 0.717) is 45.6 Å². The molecule has 1 heterocycles. The van der Waals surface area contributed by atoms with E-state index < -0.39 is 18.1 Å². The Labute approximate surface area is 283 Å². The van der Waals surface area contributed by atoms with Gasteiger partial charge in [0, 0.05) is 58.5 Å². The van der Waals surface area contributed by atoms with Gasteiger partial charge in [0.2, 0.25) is 5.91 Å². The van der Waals surface area contributed by atoms with Crippen molar-refractivity contribution in [1.29, 1.82) is 5.41 Å². The topological polar surface area (TPSA) is 200 Å². The zero-order valence-corrected chi connectivity index (χ0v) is 26.6. The smallest absolute Gasteiger partial charge is 0.475 e. The second kappa shape index (κ2) is 16.3. The number of hydrazine groups is 1. The van der Waals surface area contributed by atoms with Gasteiger partial charge in [-0.05, 0) is 60.0 Å². The number of alkyl halides is 3.